The van der Waals surface area contributed by atoms with E-state index >= 15 is 0 Å². The second-order valence-corrected chi connectivity index (χ2v) is 4.46. The van der Waals surface area contributed by atoms with Crippen molar-refractivity contribution in [3.63, 3.8) is 0 Å². The number of Topliss-reactive ketones (excluding diaryl/α,β-unsaturated/α-hetero) is 1. The first-order valence-electron chi connectivity index (χ1n) is 5.89. The van der Waals surface area contributed by atoms with Crippen molar-refractivity contribution in [2.75, 3.05) is 5.73 Å². The number of rotatable bonds is 1. The van der Waals surface area contributed by atoms with Crippen molar-refractivity contribution in [3.05, 3.63) is 54.1 Å². The lowest BCUT2D eigenvalue weighted by Gasteiger charge is -2.09. The molecule has 0 bridgehead atoms. The van der Waals surface area contributed by atoms with Crippen molar-refractivity contribution in [1.29, 1.82) is 0 Å². The van der Waals surface area contributed by atoms with E-state index in [0.717, 1.165) is 16.2 Å². The van der Waals surface area contributed by atoms with Gasteiger partial charge in [-0.25, -0.2) is 0 Å². The fraction of sp³-hybridized carbons (Fsp3) is 0.0625. The van der Waals surface area contributed by atoms with Crippen molar-refractivity contribution in [3.8, 4) is 0 Å². The van der Waals surface area contributed by atoms with Gasteiger partial charge in [0.1, 0.15) is 0 Å². The van der Waals surface area contributed by atoms with Gasteiger partial charge in [-0.2, -0.15) is 0 Å². The van der Waals surface area contributed by atoms with E-state index in [1.165, 1.54) is 5.39 Å². The number of benzene rings is 3. The van der Waals surface area contributed by atoms with Gasteiger partial charge in [0, 0.05) is 10.9 Å². The summed E-state index contributed by atoms with van der Waals surface area (Å²) in [5.41, 5.74) is 7.26. The zero-order valence-electron chi connectivity index (χ0n) is 10.1. The largest absolute Gasteiger partial charge is 0.398 e. The Bertz CT molecular complexity index is 774. The van der Waals surface area contributed by atoms with Crippen molar-refractivity contribution >= 4 is 33.0 Å². The van der Waals surface area contributed by atoms with E-state index < -0.39 is 0 Å². The molecule has 88 valence electrons. The second kappa shape index (κ2) is 3.84. The van der Waals surface area contributed by atoms with Crippen LogP contribution in [0.4, 0.5) is 5.69 Å². The van der Waals surface area contributed by atoms with E-state index in [0.29, 0.717) is 11.3 Å². The Balaban J connectivity index is 2.48. The van der Waals surface area contributed by atoms with Crippen molar-refractivity contribution in [1.82, 2.24) is 0 Å². The number of hydrogen-bond donors (Lipinski definition) is 1. The number of anilines is 1. The van der Waals surface area contributed by atoms with Crippen LogP contribution in [0.3, 0.4) is 0 Å². The van der Waals surface area contributed by atoms with Gasteiger partial charge in [-0.15, -0.1) is 0 Å². The molecule has 2 N–H and O–H groups in total. The van der Waals surface area contributed by atoms with Crippen LogP contribution in [0.25, 0.3) is 21.5 Å². The van der Waals surface area contributed by atoms with Crippen LogP contribution in [-0.4, -0.2) is 5.78 Å². The SMILES string of the molecule is CC(=O)c1ccc2c(ccc3ccccc32)c1N. The molecule has 0 aliphatic rings. The molecule has 18 heavy (non-hydrogen) atoms. The quantitative estimate of drug-likeness (QED) is 0.396. The number of hydrogen-bond acceptors (Lipinski definition) is 2. The lowest BCUT2D eigenvalue weighted by Crippen LogP contribution is -2.00. The Morgan fingerprint density at radius 3 is 2.39 bits per heavy atom. The van der Waals surface area contributed by atoms with Crippen LogP contribution < -0.4 is 5.73 Å². The van der Waals surface area contributed by atoms with E-state index in [9.17, 15) is 4.79 Å². The maximum atomic E-state index is 11.5. The average molecular weight is 235 g/mol. The molecule has 0 spiro atoms. The molecule has 2 nitrogen and oxygen atoms in total. The van der Waals surface area contributed by atoms with Crippen LogP contribution in [0, 0.1) is 0 Å². The molecule has 0 aromatic heterocycles. The van der Waals surface area contributed by atoms with Crippen molar-refractivity contribution in [2.45, 2.75) is 6.92 Å². The fourth-order valence-corrected chi connectivity index (χ4v) is 2.42. The highest BCUT2D eigenvalue weighted by Gasteiger charge is 2.09. The maximum absolute atomic E-state index is 11.5. The minimum Gasteiger partial charge on any atom is -0.398 e. The van der Waals surface area contributed by atoms with Crippen LogP contribution in [0.5, 0.6) is 0 Å². The van der Waals surface area contributed by atoms with Gasteiger partial charge in [0.25, 0.3) is 0 Å². The molecule has 2 heteroatoms. The molecule has 0 heterocycles. The normalized spacial score (nSPS) is 10.9. The van der Waals surface area contributed by atoms with Crippen LogP contribution >= 0.6 is 0 Å². The number of fused-ring (bicyclic) bond motifs is 3. The van der Waals surface area contributed by atoms with Gasteiger partial charge in [-0.05, 0) is 29.1 Å². The molecule has 0 atom stereocenters. The molecule has 3 rings (SSSR count). The first-order valence-corrected chi connectivity index (χ1v) is 5.89. The first kappa shape index (κ1) is 10.8. The Labute approximate surface area is 105 Å². The van der Waals surface area contributed by atoms with Crippen LogP contribution in [-0.2, 0) is 0 Å². The highest BCUT2D eigenvalue weighted by Crippen LogP contribution is 2.31. The molecule has 3 aromatic carbocycles. The molecule has 0 amide bonds. The first-order chi connectivity index (χ1) is 8.68. The standard InChI is InChI=1S/C16H13NO/c1-10(18)12-8-9-14-13-5-3-2-4-11(13)6-7-15(14)16(12)17/h2-9H,17H2,1H3. The fourth-order valence-electron chi connectivity index (χ4n) is 2.42. The lowest BCUT2D eigenvalue weighted by molar-refractivity contribution is 0.101. The highest BCUT2D eigenvalue weighted by molar-refractivity contribution is 6.15. The Morgan fingerprint density at radius 1 is 0.889 bits per heavy atom. The summed E-state index contributed by atoms with van der Waals surface area (Å²) >= 11 is 0. The molecule has 0 saturated carbocycles. The molecule has 0 unspecified atom stereocenters. The third-order valence-corrected chi connectivity index (χ3v) is 3.35. The molecule has 3 aromatic rings. The monoisotopic (exact) mass is 235 g/mol. The minimum absolute atomic E-state index is 0.00237. The summed E-state index contributed by atoms with van der Waals surface area (Å²) in [4.78, 5) is 11.5. The number of nitrogen functional groups attached to an aromatic ring is 1. The number of carbonyl (C=O) groups is 1. The predicted octanol–water partition coefficient (Wildman–Crippen LogP) is 3.78. The Morgan fingerprint density at radius 2 is 1.61 bits per heavy atom. The van der Waals surface area contributed by atoms with E-state index in [-0.39, 0.29) is 5.78 Å². The number of carbonyl (C=O) groups excluding carboxylic acids is 1. The predicted molar refractivity (Wildman–Crippen MR) is 75.9 cm³/mol. The van der Waals surface area contributed by atoms with Crippen molar-refractivity contribution < 1.29 is 4.79 Å². The van der Waals surface area contributed by atoms with Crippen LogP contribution in [0.2, 0.25) is 0 Å². The highest BCUT2D eigenvalue weighted by atomic mass is 16.1. The maximum Gasteiger partial charge on any atom is 0.161 e. The summed E-state index contributed by atoms with van der Waals surface area (Å²) in [7, 11) is 0. The van der Waals surface area contributed by atoms with Gasteiger partial charge in [0.05, 0.1) is 5.69 Å². The van der Waals surface area contributed by atoms with Gasteiger partial charge in [-0.3, -0.25) is 4.79 Å². The summed E-state index contributed by atoms with van der Waals surface area (Å²) in [5, 5.41) is 4.38. The summed E-state index contributed by atoms with van der Waals surface area (Å²) < 4.78 is 0. The third kappa shape index (κ3) is 1.46. The van der Waals surface area contributed by atoms with E-state index in [1.807, 2.05) is 36.4 Å². The van der Waals surface area contributed by atoms with E-state index in [1.54, 1.807) is 6.92 Å². The number of nitrogens with two attached hydrogens (primary N) is 1. The molecular weight excluding hydrogens is 222 g/mol. The van der Waals surface area contributed by atoms with Gasteiger partial charge in [-0.1, -0.05) is 42.5 Å². The zero-order chi connectivity index (χ0) is 12.7. The summed E-state index contributed by atoms with van der Waals surface area (Å²) in [5.74, 6) is 0.00237. The molecule has 0 radical (unpaired) electrons. The zero-order valence-corrected chi connectivity index (χ0v) is 10.1. The average Bonchev–Trinajstić information content (AvgIpc) is 2.38. The molecule has 0 saturated heterocycles. The number of ketones is 1. The molecule has 0 fully saturated rings. The summed E-state index contributed by atoms with van der Waals surface area (Å²) in [6, 6.07) is 16.0. The second-order valence-electron chi connectivity index (χ2n) is 4.46. The third-order valence-electron chi connectivity index (χ3n) is 3.35. The lowest BCUT2D eigenvalue weighted by atomic mass is 9.97. The topological polar surface area (TPSA) is 43.1 Å². The smallest absolute Gasteiger partial charge is 0.161 e. The Kier molecular flexibility index (Phi) is 2.30. The van der Waals surface area contributed by atoms with E-state index in [2.05, 4.69) is 12.1 Å². The Hall–Kier alpha value is -2.35. The van der Waals surface area contributed by atoms with Crippen LogP contribution in [0.15, 0.2) is 48.5 Å². The summed E-state index contributed by atoms with van der Waals surface area (Å²) in [6.45, 7) is 1.54. The van der Waals surface area contributed by atoms with Gasteiger partial charge < -0.3 is 5.73 Å². The van der Waals surface area contributed by atoms with E-state index in [4.69, 9.17) is 5.73 Å². The van der Waals surface area contributed by atoms with Crippen LogP contribution in [0.1, 0.15) is 17.3 Å². The molecule has 0 aliphatic heterocycles. The van der Waals surface area contributed by atoms with Gasteiger partial charge in [0.2, 0.25) is 0 Å². The molecule has 0 aliphatic carbocycles. The molecular formula is C16H13NO. The summed E-state index contributed by atoms with van der Waals surface area (Å²) in [6.07, 6.45) is 0. The van der Waals surface area contributed by atoms with Crippen molar-refractivity contribution in [2.24, 2.45) is 0 Å². The minimum atomic E-state index is 0.00237. The van der Waals surface area contributed by atoms with Gasteiger partial charge in [0.15, 0.2) is 5.78 Å². The van der Waals surface area contributed by atoms with Gasteiger partial charge >= 0.3 is 0 Å².